The highest BCUT2D eigenvalue weighted by atomic mass is 14.6. The summed E-state index contributed by atoms with van der Waals surface area (Å²) in [6, 6.07) is 9.96. The summed E-state index contributed by atoms with van der Waals surface area (Å²) in [5, 5.41) is 9.44. The average molecular weight is 263 g/mol. The third kappa shape index (κ3) is 2.55. The Balaban J connectivity index is 2.68. The summed E-state index contributed by atoms with van der Waals surface area (Å²) in [7, 11) is 0. The molecular formula is C17H17N3. The monoisotopic (exact) mass is 263 g/mol. The van der Waals surface area contributed by atoms with Crippen LogP contribution >= 0.6 is 0 Å². The van der Waals surface area contributed by atoms with Crippen LogP contribution in [0.3, 0.4) is 0 Å². The first-order chi connectivity index (χ1) is 9.54. The van der Waals surface area contributed by atoms with E-state index in [1.165, 1.54) is 5.56 Å². The predicted molar refractivity (Wildman–Crippen MR) is 81.5 cm³/mol. The number of hydrogen-bond donors (Lipinski definition) is 1. The van der Waals surface area contributed by atoms with Crippen LogP contribution in [-0.4, -0.2) is 4.98 Å². The van der Waals surface area contributed by atoms with Gasteiger partial charge in [0.1, 0.15) is 6.07 Å². The molecular weight excluding hydrogens is 246 g/mol. The van der Waals surface area contributed by atoms with Crippen LogP contribution in [0.5, 0.6) is 0 Å². The zero-order valence-electron chi connectivity index (χ0n) is 11.9. The van der Waals surface area contributed by atoms with Crippen molar-refractivity contribution in [1.82, 2.24) is 4.98 Å². The van der Waals surface area contributed by atoms with Crippen molar-refractivity contribution >= 4 is 11.3 Å². The number of benzene rings is 1. The number of nitrogens with zero attached hydrogens (tertiary/aromatic N) is 2. The second-order valence-corrected chi connectivity index (χ2v) is 4.91. The molecule has 2 N–H and O–H groups in total. The van der Waals surface area contributed by atoms with Gasteiger partial charge in [0.15, 0.2) is 0 Å². The molecule has 0 bridgehead atoms. The van der Waals surface area contributed by atoms with Gasteiger partial charge in [-0.1, -0.05) is 17.7 Å². The molecule has 20 heavy (non-hydrogen) atoms. The number of nitrogens with two attached hydrogens (primary N) is 1. The number of nitriles is 1. The average Bonchev–Trinajstić information content (AvgIpc) is 2.39. The molecule has 1 aromatic heterocycles. The number of aromatic nitrogens is 1. The van der Waals surface area contributed by atoms with Gasteiger partial charge in [-0.2, -0.15) is 5.26 Å². The van der Waals surface area contributed by atoms with Crippen molar-refractivity contribution in [2.45, 2.75) is 20.8 Å². The molecule has 0 fully saturated rings. The third-order valence-corrected chi connectivity index (χ3v) is 3.30. The second kappa shape index (κ2) is 5.58. The fraction of sp³-hybridized carbons (Fsp3) is 0.176. The first-order valence-electron chi connectivity index (χ1n) is 6.43. The van der Waals surface area contributed by atoms with E-state index in [2.05, 4.69) is 30.1 Å². The number of rotatable bonds is 2. The van der Waals surface area contributed by atoms with Crippen LogP contribution in [0.1, 0.15) is 27.8 Å². The van der Waals surface area contributed by atoms with Crippen LogP contribution in [0.2, 0.25) is 0 Å². The van der Waals surface area contributed by atoms with Crippen molar-refractivity contribution in [1.29, 1.82) is 5.26 Å². The summed E-state index contributed by atoms with van der Waals surface area (Å²) in [5.41, 5.74) is 12.4. The maximum Gasteiger partial charge on any atom is 0.102 e. The van der Waals surface area contributed by atoms with Crippen molar-refractivity contribution in [3.05, 3.63) is 64.5 Å². The fourth-order valence-corrected chi connectivity index (χ4v) is 2.53. The Morgan fingerprint density at radius 1 is 1.10 bits per heavy atom. The van der Waals surface area contributed by atoms with Crippen LogP contribution in [0.15, 0.2) is 36.7 Å². The molecule has 1 heterocycles. The van der Waals surface area contributed by atoms with Crippen LogP contribution < -0.4 is 5.73 Å². The maximum atomic E-state index is 9.44. The molecule has 0 aliphatic carbocycles. The van der Waals surface area contributed by atoms with Gasteiger partial charge in [0.05, 0.1) is 11.3 Å². The standard InChI is InChI=1S/C17H17N3/c1-11-8-12(2)16(13(3)9-11)17(19)15(10-18)14-4-6-20-7-5-14/h4-9H,19H2,1-3H3/b17-15+. The Kier molecular flexibility index (Phi) is 3.86. The molecule has 3 heteroatoms. The summed E-state index contributed by atoms with van der Waals surface area (Å²) < 4.78 is 0. The van der Waals surface area contributed by atoms with E-state index in [0.717, 1.165) is 22.3 Å². The van der Waals surface area contributed by atoms with Gasteiger partial charge in [-0.15, -0.1) is 0 Å². The first kappa shape index (κ1) is 13.8. The Hall–Kier alpha value is -2.60. The van der Waals surface area contributed by atoms with E-state index in [1.807, 2.05) is 13.8 Å². The zero-order valence-corrected chi connectivity index (χ0v) is 11.9. The van der Waals surface area contributed by atoms with Gasteiger partial charge in [0.25, 0.3) is 0 Å². The highest BCUT2D eigenvalue weighted by molar-refractivity contribution is 5.97. The van der Waals surface area contributed by atoms with Crippen LogP contribution in [0.4, 0.5) is 0 Å². The van der Waals surface area contributed by atoms with Crippen molar-refractivity contribution in [2.75, 3.05) is 0 Å². The van der Waals surface area contributed by atoms with Crippen LogP contribution in [-0.2, 0) is 0 Å². The highest BCUT2D eigenvalue weighted by Gasteiger charge is 2.13. The summed E-state index contributed by atoms with van der Waals surface area (Å²) >= 11 is 0. The molecule has 0 spiro atoms. The van der Waals surface area contributed by atoms with Crippen LogP contribution in [0, 0.1) is 32.1 Å². The van der Waals surface area contributed by atoms with E-state index in [-0.39, 0.29) is 0 Å². The van der Waals surface area contributed by atoms with E-state index < -0.39 is 0 Å². The van der Waals surface area contributed by atoms with Crippen molar-refractivity contribution in [3.8, 4) is 6.07 Å². The lowest BCUT2D eigenvalue weighted by molar-refractivity contribution is 1.27. The van der Waals surface area contributed by atoms with Gasteiger partial charge in [-0.3, -0.25) is 4.98 Å². The molecule has 1 aromatic carbocycles. The molecule has 0 radical (unpaired) electrons. The lowest BCUT2D eigenvalue weighted by Crippen LogP contribution is -2.05. The number of allylic oxidation sites excluding steroid dienone is 1. The Labute approximate surface area is 119 Å². The molecule has 0 saturated carbocycles. The summed E-state index contributed by atoms with van der Waals surface area (Å²) in [6.45, 7) is 6.09. The fourth-order valence-electron chi connectivity index (χ4n) is 2.53. The van der Waals surface area contributed by atoms with Crippen molar-refractivity contribution in [3.63, 3.8) is 0 Å². The van der Waals surface area contributed by atoms with Crippen LogP contribution in [0.25, 0.3) is 11.3 Å². The molecule has 0 saturated heterocycles. The minimum atomic E-state index is 0.488. The largest absolute Gasteiger partial charge is 0.397 e. The van der Waals surface area contributed by atoms with Crippen molar-refractivity contribution < 1.29 is 0 Å². The number of hydrogen-bond acceptors (Lipinski definition) is 3. The summed E-state index contributed by atoms with van der Waals surface area (Å²) in [6.07, 6.45) is 3.32. The Morgan fingerprint density at radius 2 is 1.65 bits per heavy atom. The minimum absolute atomic E-state index is 0.488. The lowest BCUT2D eigenvalue weighted by atomic mass is 9.93. The lowest BCUT2D eigenvalue weighted by Gasteiger charge is -2.13. The van der Waals surface area contributed by atoms with E-state index in [1.54, 1.807) is 24.5 Å². The molecule has 0 atom stereocenters. The van der Waals surface area contributed by atoms with E-state index in [0.29, 0.717) is 11.3 Å². The number of pyridine rings is 1. The zero-order chi connectivity index (χ0) is 14.7. The van der Waals surface area contributed by atoms with E-state index in [9.17, 15) is 5.26 Å². The van der Waals surface area contributed by atoms with Gasteiger partial charge < -0.3 is 5.73 Å². The smallest absolute Gasteiger partial charge is 0.102 e. The molecule has 100 valence electrons. The molecule has 0 aliphatic heterocycles. The quantitative estimate of drug-likeness (QED) is 0.845. The topological polar surface area (TPSA) is 62.7 Å². The second-order valence-electron chi connectivity index (χ2n) is 4.91. The molecule has 3 nitrogen and oxygen atoms in total. The maximum absolute atomic E-state index is 9.44. The summed E-state index contributed by atoms with van der Waals surface area (Å²) in [5.74, 6) is 0. The SMILES string of the molecule is Cc1cc(C)c(/C(N)=C(/C#N)c2ccncc2)c(C)c1. The Bertz CT molecular complexity index is 684. The van der Waals surface area contributed by atoms with Gasteiger partial charge in [0.2, 0.25) is 0 Å². The van der Waals surface area contributed by atoms with E-state index in [4.69, 9.17) is 5.73 Å². The molecule has 0 aliphatic rings. The molecule has 2 aromatic rings. The molecule has 0 amide bonds. The third-order valence-electron chi connectivity index (χ3n) is 3.30. The molecule has 0 unspecified atom stereocenters. The normalized spacial score (nSPS) is 11.7. The predicted octanol–water partition coefficient (Wildman–Crippen LogP) is 3.36. The number of aryl methyl sites for hydroxylation is 3. The summed E-state index contributed by atoms with van der Waals surface area (Å²) in [4.78, 5) is 3.97. The van der Waals surface area contributed by atoms with Gasteiger partial charge >= 0.3 is 0 Å². The minimum Gasteiger partial charge on any atom is -0.397 e. The van der Waals surface area contributed by atoms with Gasteiger partial charge in [-0.25, -0.2) is 0 Å². The van der Waals surface area contributed by atoms with Crippen molar-refractivity contribution in [2.24, 2.45) is 5.73 Å². The first-order valence-corrected chi connectivity index (χ1v) is 6.43. The highest BCUT2D eigenvalue weighted by Crippen LogP contribution is 2.27. The van der Waals surface area contributed by atoms with Gasteiger partial charge in [-0.05, 0) is 49.6 Å². The van der Waals surface area contributed by atoms with Gasteiger partial charge in [0, 0.05) is 18.0 Å². The molecule has 2 rings (SSSR count). The van der Waals surface area contributed by atoms with E-state index >= 15 is 0 Å². The Morgan fingerprint density at radius 3 is 2.15 bits per heavy atom.